The van der Waals surface area contributed by atoms with Gasteiger partial charge in [-0.1, -0.05) is 22.9 Å². The molecule has 1 aliphatic heterocycles. The van der Waals surface area contributed by atoms with Gasteiger partial charge in [-0.05, 0) is 31.7 Å². The number of nitrogens with two attached hydrogens (primary N) is 1. The van der Waals surface area contributed by atoms with Crippen LogP contribution in [0.15, 0.2) is 27.6 Å². The van der Waals surface area contributed by atoms with Gasteiger partial charge in [-0.3, -0.25) is 4.90 Å². The van der Waals surface area contributed by atoms with E-state index in [0.29, 0.717) is 13.1 Å². The molecule has 0 aromatic heterocycles. The Labute approximate surface area is 128 Å². The van der Waals surface area contributed by atoms with Gasteiger partial charge < -0.3 is 5.73 Å². The Morgan fingerprint density at radius 2 is 2.10 bits per heavy atom. The third-order valence-corrected chi connectivity index (χ3v) is 6.16. The van der Waals surface area contributed by atoms with Gasteiger partial charge in [0.1, 0.15) is 4.90 Å². The number of sulfonamides is 1. The Hall–Kier alpha value is -0.630. The van der Waals surface area contributed by atoms with Gasteiger partial charge in [0, 0.05) is 30.1 Å². The van der Waals surface area contributed by atoms with E-state index in [4.69, 9.17) is 5.73 Å². The number of likely N-dealkylation sites (N-methyl/N-ethyl adjacent to an activating group) is 1. The van der Waals surface area contributed by atoms with E-state index < -0.39 is 10.0 Å². The Morgan fingerprint density at radius 1 is 1.40 bits per heavy atom. The predicted octanol–water partition coefficient (Wildman–Crippen LogP) is 1.75. The van der Waals surface area contributed by atoms with Gasteiger partial charge in [-0.25, -0.2) is 8.42 Å². The monoisotopic (exact) mass is 361 g/mol. The summed E-state index contributed by atoms with van der Waals surface area (Å²) in [6, 6.07) is 5.11. The molecule has 2 rings (SSSR count). The van der Waals surface area contributed by atoms with E-state index in [9.17, 15) is 8.42 Å². The number of anilines is 1. The quantitative estimate of drug-likeness (QED) is 0.832. The minimum absolute atomic E-state index is 0.192. The van der Waals surface area contributed by atoms with Crippen molar-refractivity contribution in [2.24, 2.45) is 0 Å². The number of nitrogen functional groups attached to an aromatic ring is 1. The zero-order chi connectivity index (χ0) is 14.9. The number of benzene rings is 1. The molecule has 112 valence electrons. The standard InChI is InChI=1S/C13H20BrN3O2S/c1-3-16-6-7-17(9-10(16)2)20(18,19)13-5-4-11(14)8-12(13)15/h4-5,8,10H,3,6-7,9,15H2,1-2H3. The number of piperazine rings is 1. The molecule has 5 nitrogen and oxygen atoms in total. The van der Waals surface area contributed by atoms with Crippen molar-refractivity contribution in [3.8, 4) is 0 Å². The summed E-state index contributed by atoms with van der Waals surface area (Å²) in [5.41, 5.74) is 6.14. The summed E-state index contributed by atoms with van der Waals surface area (Å²) < 4.78 is 27.7. The third kappa shape index (κ3) is 3.00. The zero-order valence-corrected chi connectivity index (χ0v) is 14.1. The fourth-order valence-electron chi connectivity index (χ4n) is 2.54. The first-order valence-corrected chi connectivity index (χ1v) is 8.88. The van der Waals surface area contributed by atoms with Crippen molar-refractivity contribution in [3.63, 3.8) is 0 Å². The summed E-state index contributed by atoms with van der Waals surface area (Å²) >= 11 is 3.29. The van der Waals surface area contributed by atoms with Crippen LogP contribution in [0.25, 0.3) is 0 Å². The number of hydrogen-bond acceptors (Lipinski definition) is 4. The van der Waals surface area contributed by atoms with E-state index in [2.05, 4.69) is 34.7 Å². The Kier molecular flexibility index (Phi) is 4.73. The van der Waals surface area contributed by atoms with E-state index in [0.717, 1.165) is 17.6 Å². The van der Waals surface area contributed by atoms with Crippen LogP contribution < -0.4 is 5.73 Å². The van der Waals surface area contributed by atoms with E-state index >= 15 is 0 Å². The molecule has 0 radical (unpaired) electrons. The molecule has 1 fully saturated rings. The lowest BCUT2D eigenvalue weighted by molar-refractivity contribution is 0.135. The molecule has 1 heterocycles. The SMILES string of the molecule is CCN1CCN(S(=O)(=O)c2ccc(Br)cc2N)CC1C. The molecule has 1 aromatic carbocycles. The van der Waals surface area contributed by atoms with Crippen LogP contribution in [0.3, 0.4) is 0 Å². The van der Waals surface area contributed by atoms with Gasteiger partial charge in [0.05, 0.1) is 5.69 Å². The second kappa shape index (κ2) is 6.01. The smallest absolute Gasteiger partial charge is 0.245 e. The highest BCUT2D eigenvalue weighted by atomic mass is 79.9. The molecule has 0 spiro atoms. The fourth-order valence-corrected chi connectivity index (χ4v) is 4.53. The maximum Gasteiger partial charge on any atom is 0.245 e. The molecule has 7 heteroatoms. The maximum absolute atomic E-state index is 12.7. The molecule has 1 aliphatic rings. The lowest BCUT2D eigenvalue weighted by atomic mass is 10.2. The van der Waals surface area contributed by atoms with Crippen LogP contribution in [0, 0.1) is 0 Å². The fraction of sp³-hybridized carbons (Fsp3) is 0.538. The topological polar surface area (TPSA) is 66.6 Å². The van der Waals surface area contributed by atoms with E-state index in [1.54, 1.807) is 18.2 Å². The second-order valence-corrected chi connectivity index (χ2v) is 7.84. The van der Waals surface area contributed by atoms with Crippen molar-refractivity contribution in [2.45, 2.75) is 24.8 Å². The average Bonchev–Trinajstić information content (AvgIpc) is 2.38. The summed E-state index contributed by atoms with van der Waals surface area (Å²) in [5.74, 6) is 0. The Balaban J connectivity index is 2.27. The van der Waals surface area contributed by atoms with Gasteiger partial charge in [-0.15, -0.1) is 0 Å². The van der Waals surface area contributed by atoms with Crippen LogP contribution in [0.5, 0.6) is 0 Å². The molecule has 1 atom stereocenters. The van der Waals surface area contributed by atoms with Gasteiger partial charge in [-0.2, -0.15) is 4.31 Å². The minimum Gasteiger partial charge on any atom is -0.398 e. The van der Waals surface area contributed by atoms with Crippen LogP contribution in [-0.4, -0.2) is 49.8 Å². The number of nitrogens with zero attached hydrogens (tertiary/aromatic N) is 2. The van der Waals surface area contributed by atoms with Crippen molar-refractivity contribution < 1.29 is 8.42 Å². The largest absolute Gasteiger partial charge is 0.398 e. The zero-order valence-electron chi connectivity index (χ0n) is 11.7. The third-order valence-electron chi connectivity index (χ3n) is 3.72. The molecule has 1 unspecified atom stereocenters. The van der Waals surface area contributed by atoms with E-state index in [1.807, 2.05) is 0 Å². The molecule has 20 heavy (non-hydrogen) atoms. The number of rotatable bonds is 3. The summed E-state index contributed by atoms with van der Waals surface area (Å²) in [5, 5.41) is 0. The van der Waals surface area contributed by atoms with Crippen molar-refractivity contribution in [1.29, 1.82) is 0 Å². The van der Waals surface area contributed by atoms with Gasteiger partial charge >= 0.3 is 0 Å². The molecule has 1 saturated heterocycles. The van der Waals surface area contributed by atoms with E-state index in [-0.39, 0.29) is 16.6 Å². The molecule has 0 aliphatic carbocycles. The summed E-state index contributed by atoms with van der Waals surface area (Å²) in [4.78, 5) is 2.47. The Bertz CT molecular complexity index is 591. The highest BCUT2D eigenvalue weighted by molar-refractivity contribution is 9.10. The summed E-state index contributed by atoms with van der Waals surface area (Å²) in [6.45, 7) is 6.86. The number of halogens is 1. The molecular weight excluding hydrogens is 342 g/mol. The van der Waals surface area contributed by atoms with Crippen molar-refractivity contribution >= 4 is 31.6 Å². The summed E-state index contributed by atoms with van der Waals surface area (Å²) in [7, 11) is -3.51. The van der Waals surface area contributed by atoms with Crippen LogP contribution in [0.4, 0.5) is 5.69 Å². The van der Waals surface area contributed by atoms with Crippen LogP contribution in [-0.2, 0) is 10.0 Å². The highest BCUT2D eigenvalue weighted by Crippen LogP contribution is 2.27. The maximum atomic E-state index is 12.7. The first-order chi connectivity index (χ1) is 9.36. The van der Waals surface area contributed by atoms with Gasteiger partial charge in [0.25, 0.3) is 0 Å². The molecule has 0 amide bonds. The highest BCUT2D eigenvalue weighted by Gasteiger charge is 2.32. The van der Waals surface area contributed by atoms with Crippen molar-refractivity contribution in [1.82, 2.24) is 9.21 Å². The molecule has 2 N–H and O–H groups in total. The van der Waals surface area contributed by atoms with Crippen LogP contribution in [0.2, 0.25) is 0 Å². The van der Waals surface area contributed by atoms with Gasteiger partial charge in [0.15, 0.2) is 0 Å². The molecule has 1 aromatic rings. The Morgan fingerprint density at radius 3 is 2.65 bits per heavy atom. The first-order valence-electron chi connectivity index (χ1n) is 6.65. The van der Waals surface area contributed by atoms with Crippen molar-refractivity contribution in [2.75, 3.05) is 31.9 Å². The lowest BCUT2D eigenvalue weighted by Crippen LogP contribution is -2.53. The van der Waals surface area contributed by atoms with Gasteiger partial charge in [0.2, 0.25) is 10.0 Å². The predicted molar refractivity (Wildman–Crippen MR) is 84.0 cm³/mol. The van der Waals surface area contributed by atoms with Crippen LogP contribution >= 0.6 is 15.9 Å². The van der Waals surface area contributed by atoms with E-state index in [1.165, 1.54) is 4.31 Å². The lowest BCUT2D eigenvalue weighted by Gasteiger charge is -2.38. The average molecular weight is 362 g/mol. The minimum atomic E-state index is -3.51. The normalized spacial score (nSPS) is 22.1. The number of hydrogen-bond donors (Lipinski definition) is 1. The second-order valence-electron chi connectivity index (χ2n) is 5.02. The first kappa shape index (κ1) is 15.8. The van der Waals surface area contributed by atoms with Crippen molar-refractivity contribution in [3.05, 3.63) is 22.7 Å². The molecular formula is C13H20BrN3O2S. The summed E-state index contributed by atoms with van der Waals surface area (Å²) in [6.07, 6.45) is 0. The molecule has 0 bridgehead atoms. The molecule has 0 saturated carbocycles. The van der Waals surface area contributed by atoms with Crippen LogP contribution in [0.1, 0.15) is 13.8 Å².